The van der Waals surface area contributed by atoms with E-state index in [9.17, 15) is 9.59 Å². The summed E-state index contributed by atoms with van der Waals surface area (Å²) in [5, 5.41) is 7.91. The average molecular weight is 284 g/mol. The smallest absolute Gasteiger partial charge is 0.409 e. The van der Waals surface area contributed by atoms with E-state index in [2.05, 4.69) is 20.4 Å². The number of rotatable bonds is 2. The first-order chi connectivity index (χ1) is 9.19. The fourth-order valence-corrected chi connectivity index (χ4v) is 2.46. The number of methoxy groups -OCH3 is 1. The zero-order valence-electron chi connectivity index (χ0n) is 10.6. The Bertz CT molecular complexity index is 429. The molecule has 3 amide bonds. The summed E-state index contributed by atoms with van der Waals surface area (Å²) in [5.74, 6) is 0. The van der Waals surface area contributed by atoms with Gasteiger partial charge in [-0.25, -0.2) is 14.6 Å². The predicted molar refractivity (Wildman–Crippen MR) is 71.3 cm³/mol. The summed E-state index contributed by atoms with van der Waals surface area (Å²) in [6.45, 7) is 1.18. The quantitative estimate of drug-likeness (QED) is 0.862. The highest BCUT2D eigenvalue weighted by molar-refractivity contribution is 7.13. The van der Waals surface area contributed by atoms with Crippen LogP contribution in [0.1, 0.15) is 12.8 Å². The van der Waals surface area contributed by atoms with Crippen LogP contribution in [0.2, 0.25) is 0 Å². The number of thiazole rings is 1. The zero-order valence-corrected chi connectivity index (χ0v) is 11.4. The Balaban J connectivity index is 1.73. The van der Waals surface area contributed by atoms with Gasteiger partial charge in [-0.05, 0) is 12.8 Å². The molecule has 1 fully saturated rings. The fourth-order valence-electron chi connectivity index (χ4n) is 1.94. The molecule has 0 bridgehead atoms. The first kappa shape index (κ1) is 13.6. The summed E-state index contributed by atoms with van der Waals surface area (Å²) in [6.07, 6.45) is 2.77. The summed E-state index contributed by atoms with van der Waals surface area (Å²) >= 11 is 1.37. The van der Waals surface area contributed by atoms with Crippen LogP contribution in [0, 0.1) is 0 Å². The number of likely N-dealkylation sites (tertiary alicyclic amines) is 1. The maximum absolute atomic E-state index is 11.7. The van der Waals surface area contributed by atoms with Gasteiger partial charge in [-0.1, -0.05) is 0 Å². The molecular weight excluding hydrogens is 268 g/mol. The van der Waals surface area contributed by atoms with Crippen LogP contribution in [0.5, 0.6) is 0 Å². The molecule has 1 saturated heterocycles. The van der Waals surface area contributed by atoms with Crippen LogP contribution in [0.15, 0.2) is 11.6 Å². The van der Waals surface area contributed by atoms with Crippen molar-refractivity contribution in [1.82, 2.24) is 15.2 Å². The number of hydrogen-bond donors (Lipinski definition) is 2. The van der Waals surface area contributed by atoms with Gasteiger partial charge in [-0.2, -0.15) is 0 Å². The van der Waals surface area contributed by atoms with E-state index in [1.807, 2.05) is 0 Å². The molecule has 104 valence electrons. The third-order valence-electron chi connectivity index (χ3n) is 2.92. The highest BCUT2D eigenvalue weighted by Crippen LogP contribution is 2.13. The largest absolute Gasteiger partial charge is 0.453 e. The molecule has 2 heterocycles. The van der Waals surface area contributed by atoms with Crippen LogP contribution in [-0.2, 0) is 4.74 Å². The van der Waals surface area contributed by atoms with E-state index in [1.54, 1.807) is 16.5 Å². The maximum Gasteiger partial charge on any atom is 0.409 e. The van der Waals surface area contributed by atoms with Crippen molar-refractivity contribution in [3.8, 4) is 0 Å². The lowest BCUT2D eigenvalue weighted by molar-refractivity contribution is 0.110. The SMILES string of the molecule is COC(=O)N1CCC(NC(=O)Nc2nccs2)CC1. The van der Waals surface area contributed by atoms with Gasteiger partial charge in [0.2, 0.25) is 0 Å². The topological polar surface area (TPSA) is 83.6 Å². The van der Waals surface area contributed by atoms with Gasteiger partial charge < -0.3 is 15.0 Å². The standard InChI is InChI=1S/C11H16N4O3S/c1-18-11(17)15-5-2-8(3-6-15)13-9(16)14-10-12-4-7-19-10/h4,7-8H,2-3,5-6H2,1H3,(H2,12,13,14,16). The van der Waals surface area contributed by atoms with Gasteiger partial charge in [0.1, 0.15) is 0 Å². The highest BCUT2D eigenvalue weighted by Gasteiger charge is 2.24. The molecule has 7 nitrogen and oxygen atoms in total. The number of anilines is 1. The van der Waals surface area contributed by atoms with Crippen molar-refractivity contribution in [2.24, 2.45) is 0 Å². The molecule has 0 aromatic carbocycles. The molecular formula is C11H16N4O3S. The lowest BCUT2D eigenvalue weighted by Crippen LogP contribution is -2.47. The summed E-state index contributed by atoms with van der Waals surface area (Å²) in [6, 6.07) is -0.188. The lowest BCUT2D eigenvalue weighted by Gasteiger charge is -2.31. The van der Waals surface area contributed by atoms with E-state index in [0.29, 0.717) is 18.2 Å². The minimum absolute atomic E-state index is 0.0702. The summed E-state index contributed by atoms with van der Waals surface area (Å²) in [4.78, 5) is 28.6. The maximum atomic E-state index is 11.7. The van der Waals surface area contributed by atoms with Crippen LogP contribution >= 0.6 is 11.3 Å². The van der Waals surface area contributed by atoms with Crippen molar-refractivity contribution in [1.29, 1.82) is 0 Å². The number of nitrogens with one attached hydrogen (secondary N) is 2. The Kier molecular flexibility index (Phi) is 4.56. The molecule has 1 aliphatic rings. The number of nitrogens with zero attached hydrogens (tertiary/aromatic N) is 2. The van der Waals surface area contributed by atoms with Gasteiger partial charge in [-0.15, -0.1) is 11.3 Å². The number of urea groups is 1. The van der Waals surface area contributed by atoms with E-state index in [4.69, 9.17) is 0 Å². The van der Waals surface area contributed by atoms with Crippen LogP contribution in [0.25, 0.3) is 0 Å². The van der Waals surface area contributed by atoms with Crippen molar-refractivity contribution in [3.05, 3.63) is 11.6 Å². The highest BCUT2D eigenvalue weighted by atomic mass is 32.1. The molecule has 0 aliphatic carbocycles. The number of carbonyl (C=O) groups is 2. The van der Waals surface area contributed by atoms with Crippen LogP contribution in [0.4, 0.5) is 14.7 Å². The Labute approximate surface area is 115 Å². The van der Waals surface area contributed by atoms with E-state index >= 15 is 0 Å². The second-order valence-corrected chi connectivity index (χ2v) is 5.06. The third kappa shape index (κ3) is 3.82. The van der Waals surface area contributed by atoms with Gasteiger partial charge >= 0.3 is 12.1 Å². The molecule has 0 saturated carbocycles. The number of carbonyl (C=O) groups excluding carboxylic acids is 2. The molecule has 19 heavy (non-hydrogen) atoms. The lowest BCUT2D eigenvalue weighted by atomic mass is 10.1. The summed E-state index contributed by atoms with van der Waals surface area (Å²) in [7, 11) is 1.37. The molecule has 0 spiro atoms. The van der Waals surface area contributed by atoms with Crippen molar-refractivity contribution >= 4 is 28.6 Å². The Hall–Kier alpha value is -1.83. The van der Waals surface area contributed by atoms with Crippen molar-refractivity contribution in [2.75, 3.05) is 25.5 Å². The van der Waals surface area contributed by atoms with Crippen LogP contribution in [-0.4, -0.2) is 48.2 Å². The number of hydrogen-bond acceptors (Lipinski definition) is 5. The first-order valence-corrected chi connectivity index (χ1v) is 6.87. The minimum atomic E-state index is -0.314. The second-order valence-electron chi connectivity index (χ2n) is 4.17. The monoisotopic (exact) mass is 284 g/mol. The predicted octanol–water partition coefficient (Wildman–Crippen LogP) is 1.50. The molecule has 8 heteroatoms. The number of ether oxygens (including phenoxy) is 1. The van der Waals surface area contributed by atoms with Crippen molar-refractivity contribution < 1.29 is 14.3 Å². The average Bonchev–Trinajstić information content (AvgIpc) is 2.91. The van der Waals surface area contributed by atoms with Gasteiger partial charge in [0.05, 0.1) is 7.11 Å². The van der Waals surface area contributed by atoms with E-state index in [1.165, 1.54) is 18.4 Å². The molecule has 1 aliphatic heterocycles. The molecule has 0 radical (unpaired) electrons. The number of aromatic nitrogens is 1. The van der Waals surface area contributed by atoms with Crippen LogP contribution in [0.3, 0.4) is 0 Å². The summed E-state index contributed by atoms with van der Waals surface area (Å²) in [5.41, 5.74) is 0. The fraction of sp³-hybridized carbons (Fsp3) is 0.545. The Morgan fingerprint density at radius 2 is 2.21 bits per heavy atom. The molecule has 0 unspecified atom stereocenters. The molecule has 2 N–H and O–H groups in total. The second kappa shape index (κ2) is 6.37. The number of piperidine rings is 1. The van der Waals surface area contributed by atoms with Gasteiger partial charge in [0.15, 0.2) is 5.13 Å². The molecule has 1 aromatic heterocycles. The van der Waals surface area contributed by atoms with Crippen molar-refractivity contribution in [3.63, 3.8) is 0 Å². The van der Waals surface area contributed by atoms with Crippen molar-refractivity contribution in [2.45, 2.75) is 18.9 Å². The molecule has 2 rings (SSSR count). The van der Waals surface area contributed by atoms with Gasteiger partial charge in [0.25, 0.3) is 0 Å². The zero-order chi connectivity index (χ0) is 13.7. The van der Waals surface area contributed by atoms with E-state index in [0.717, 1.165) is 12.8 Å². The molecule has 0 atom stereocenters. The minimum Gasteiger partial charge on any atom is -0.453 e. The Morgan fingerprint density at radius 3 is 2.79 bits per heavy atom. The first-order valence-electron chi connectivity index (χ1n) is 5.99. The molecule has 1 aromatic rings. The van der Waals surface area contributed by atoms with E-state index < -0.39 is 0 Å². The van der Waals surface area contributed by atoms with Gasteiger partial charge in [0, 0.05) is 30.7 Å². The van der Waals surface area contributed by atoms with E-state index in [-0.39, 0.29) is 18.2 Å². The van der Waals surface area contributed by atoms with Crippen LogP contribution < -0.4 is 10.6 Å². The van der Waals surface area contributed by atoms with Gasteiger partial charge in [-0.3, -0.25) is 5.32 Å². The summed E-state index contributed by atoms with van der Waals surface area (Å²) < 4.78 is 4.66. The third-order valence-corrected chi connectivity index (χ3v) is 3.60. The number of amides is 3. The Morgan fingerprint density at radius 1 is 1.47 bits per heavy atom. The normalized spacial score (nSPS) is 15.9.